The van der Waals surface area contributed by atoms with E-state index in [0.29, 0.717) is 11.6 Å². The number of nitrogen functional groups attached to an aromatic ring is 1. The van der Waals surface area contributed by atoms with Crippen molar-refractivity contribution in [3.05, 3.63) is 17.6 Å². The second-order valence-electron chi connectivity index (χ2n) is 3.52. The van der Waals surface area contributed by atoms with E-state index >= 15 is 0 Å². The summed E-state index contributed by atoms with van der Waals surface area (Å²) in [5, 5.41) is 0. The van der Waals surface area contributed by atoms with Gasteiger partial charge in [-0.1, -0.05) is 20.3 Å². The Labute approximate surface area is 90.9 Å². The van der Waals surface area contributed by atoms with Crippen LogP contribution in [0.15, 0.2) is 6.07 Å². The summed E-state index contributed by atoms with van der Waals surface area (Å²) in [6, 6.07) is 1.83. The third-order valence-corrected chi connectivity index (χ3v) is 2.27. The van der Waals surface area contributed by atoms with Crippen LogP contribution in [0.3, 0.4) is 0 Å². The van der Waals surface area contributed by atoms with Gasteiger partial charge in [-0.25, -0.2) is 9.97 Å². The predicted octanol–water partition coefficient (Wildman–Crippen LogP) is 2.11. The molecule has 0 aromatic carbocycles. The molecule has 0 aliphatic heterocycles. The molecule has 0 saturated heterocycles. The lowest BCUT2D eigenvalue weighted by Gasteiger charge is -2.12. The maximum atomic E-state index is 5.73. The van der Waals surface area contributed by atoms with Crippen molar-refractivity contribution in [2.24, 2.45) is 0 Å². The predicted molar refractivity (Wildman–Crippen MR) is 60.5 cm³/mol. The fourth-order valence-corrected chi connectivity index (χ4v) is 1.52. The van der Waals surface area contributed by atoms with E-state index in [-0.39, 0.29) is 6.10 Å². The van der Waals surface area contributed by atoms with E-state index < -0.39 is 0 Å². The van der Waals surface area contributed by atoms with E-state index in [2.05, 4.69) is 16.9 Å². The number of hydrogen-bond acceptors (Lipinski definition) is 4. The van der Waals surface area contributed by atoms with Gasteiger partial charge in [0.05, 0.1) is 0 Å². The van der Waals surface area contributed by atoms with Crippen molar-refractivity contribution < 1.29 is 4.74 Å². The molecular weight excluding hydrogens is 190 g/mol. The van der Waals surface area contributed by atoms with Crippen LogP contribution in [0, 0.1) is 0 Å². The summed E-state index contributed by atoms with van der Waals surface area (Å²) in [6.45, 7) is 4.16. The number of anilines is 1. The first-order valence-corrected chi connectivity index (χ1v) is 5.37. The molecule has 1 unspecified atom stereocenters. The summed E-state index contributed by atoms with van der Waals surface area (Å²) < 4.78 is 5.29. The van der Waals surface area contributed by atoms with Crippen LogP contribution < -0.4 is 5.73 Å². The van der Waals surface area contributed by atoms with Gasteiger partial charge in [0.2, 0.25) is 0 Å². The number of nitrogens with zero attached hydrogens (tertiary/aromatic N) is 2. The zero-order chi connectivity index (χ0) is 11.3. The second kappa shape index (κ2) is 5.66. The Kier molecular flexibility index (Phi) is 4.49. The van der Waals surface area contributed by atoms with Crippen LogP contribution in [0.2, 0.25) is 0 Å². The maximum absolute atomic E-state index is 5.73. The summed E-state index contributed by atoms with van der Waals surface area (Å²) in [6.07, 6.45) is 2.79. The minimum atomic E-state index is -0.0518. The number of hydrogen-bond donors (Lipinski definition) is 1. The smallest absolute Gasteiger partial charge is 0.159 e. The molecule has 1 heterocycles. The number of rotatable bonds is 5. The fourth-order valence-electron chi connectivity index (χ4n) is 1.52. The molecule has 0 spiro atoms. The lowest BCUT2D eigenvalue weighted by Crippen LogP contribution is -2.09. The van der Waals surface area contributed by atoms with Gasteiger partial charge in [0.15, 0.2) is 5.82 Å². The SMILES string of the molecule is CCCc1cc(N)nc(C(CC)OC)n1. The topological polar surface area (TPSA) is 61.0 Å². The Hall–Kier alpha value is -1.16. The van der Waals surface area contributed by atoms with E-state index in [1.54, 1.807) is 7.11 Å². The third-order valence-electron chi connectivity index (χ3n) is 2.27. The summed E-state index contributed by atoms with van der Waals surface area (Å²) >= 11 is 0. The van der Waals surface area contributed by atoms with E-state index in [4.69, 9.17) is 10.5 Å². The second-order valence-corrected chi connectivity index (χ2v) is 3.52. The molecule has 0 aliphatic rings. The van der Waals surface area contributed by atoms with Crippen LogP contribution >= 0.6 is 0 Å². The molecule has 0 fully saturated rings. The highest BCUT2D eigenvalue weighted by molar-refractivity contribution is 5.30. The van der Waals surface area contributed by atoms with Gasteiger partial charge in [0.25, 0.3) is 0 Å². The largest absolute Gasteiger partial charge is 0.384 e. The van der Waals surface area contributed by atoms with Crippen molar-refractivity contribution in [2.45, 2.75) is 39.2 Å². The first-order valence-electron chi connectivity index (χ1n) is 5.37. The minimum absolute atomic E-state index is 0.0518. The Morgan fingerprint density at radius 1 is 1.40 bits per heavy atom. The normalized spacial score (nSPS) is 12.7. The van der Waals surface area contributed by atoms with Crippen molar-refractivity contribution in [3.63, 3.8) is 0 Å². The molecule has 1 atom stereocenters. The average molecular weight is 209 g/mol. The maximum Gasteiger partial charge on any atom is 0.159 e. The van der Waals surface area contributed by atoms with Gasteiger partial charge in [0, 0.05) is 18.9 Å². The van der Waals surface area contributed by atoms with Crippen molar-refractivity contribution in [1.29, 1.82) is 0 Å². The lowest BCUT2D eigenvalue weighted by molar-refractivity contribution is 0.0925. The van der Waals surface area contributed by atoms with Gasteiger partial charge in [-0.3, -0.25) is 0 Å². The van der Waals surface area contributed by atoms with Gasteiger partial charge in [-0.05, 0) is 12.8 Å². The number of aryl methyl sites for hydroxylation is 1. The molecule has 4 heteroatoms. The molecule has 84 valence electrons. The summed E-state index contributed by atoms with van der Waals surface area (Å²) in [5.74, 6) is 1.22. The quantitative estimate of drug-likeness (QED) is 0.806. The van der Waals surface area contributed by atoms with Gasteiger partial charge < -0.3 is 10.5 Å². The third kappa shape index (κ3) is 3.16. The molecule has 0 radical (unpaired) electrons. The van der Waals surface area contributed by atoms with Crippen LogP contribution in [0.1, 0.15) is 44.3 Å². The molecule has 1 aromatic rings. The van der Waals surface area contributed by atoms with Gasteiger partial charge >= 0.3 is 0 Å². The molecular formula is C11H19N3O. The average Bonchev–Trinajstić information content (AvgIpc) is 2.19. The number of nitrogens with two attached hydrogens (primary N) is 1. The Morgan fingerprint density at radius 2 is 2.13 bits per heavy atom. The highest BCUT2D eigenvalue weighted by Gasteiger charge is 2.12. The molecule has 0 aliphatic carbocycles. The highest BCUT2D eigenvalue weighted by atomic mass is 16.5. The monoisotopic (exact) mass is 209 g/mol. The number of methoxy groups -OCH3 is 1. The Balaban J connectivity index is 2.96. The lowest BCUT2D eigenvalue weighted by atomic mass is 10.2. The summed E-state index contributed by atoms with van der Waals surface area (Å²) in [4.78, 5) is 8.65. The van der Waals surface area contributed by atoms with Crippen LogP contribution in [-0.2, 0) is 11.2 Å². The zero-order valence-corrected chi connectivity index (χ0v) is 9.66. The molecule has 4 nitrogen and oxygen atoms in total. The number of aromatic nitrogens is 2. The van der Waals surface area contributed by atoms with E-state index in [0.717, 1.165) is 25.0 Å². The molecule has 1 aromatic heterocycles. The van der Waals surface area contributed by atoms with Crippen molar-refractivity contribution in [3.8, 4) is 0 Å². The van der Waals surface area contributed by atoms with Crippen LogP contribution in [0.4, 0.5) is 5.82 Å². The number of ether oxygens (including phenoxy) is 1. The van der Waals surface area contributed by atoms with E-state index in [1.807, 2.05) is 13.0 Å². The molecule has 0 saturated carbocycles. The summed E-state index contributed by atoms with van der Waals surface area (Å²) in [7, 11) is 1.67. The first-order chi connectivity index (χ1) is 7.21. The van der Waals surface area contributed by atoms with E-state index in [9.17, 15) is 0 Å². The Morgan fingerprint density at radius 3 is 2.67 bits per heavy atom. The standard InChI is InChI=1S/C11H19N3O/c1-4-6-8-7-10(12)14-11(13-8)9(5-2)15-3/h7,9H,4-6H2,1-3H3,(H2,12,13,14). The highest BCUT2D eigenvalue weighted by Crippen LogP contribution is 2.18. The Bertz CT molecular complexity index is 311. The molecule has 15 heavy (non-hydrogen) atoms. The van der Waals surface area contributed by atoms with E-state index in [1.165, 1.54) is 0 Å². The molecule has 2 N–H and O–H groups in total. The van der Waals surface area contributed by atoms with Crippen molar-refractivity contribution in [1.82, 2.24) is 9.97 Å². The molecule has 1 rings (SSSR count). The fraction of sp³-hybridized carbons (Fsp3) is 0.636. The van der Waals surface area contributed by atoms with Crippen LogP contribution in [0.5, 0.6) is 0 Å². The van der Waals surface area contributed by atoms with Gasteiger partial charge in [0.1, 0.15) is 11.9 Å². The molecule has 0 bridgehead atoms. The van der Waals surface area contributed by atoms with Gasteiger partial charge in [-0.2, -0.15) is 0 Å². The van der Waals surface area contributed by atoms with Gasteiger partial charge in [-0.15, -0.1) is 0 Å². The minimum Gasteiger partial charge on any atom is -0.384 e. The first kappa shape index (κ1) is 11.9. The van der Waals surface area contributed by atoms with Crippen LogP contribution in [0.25, 0.3) is 0 Å². The van der Waals surface area contributed by atoms with Crippen LogP contribution in [-0.4, -0.2) is 17.1 Å². The zero-order valence-electron chi connectivity index (χ0n) is 9.66. The summed E-state index contributed by atoms with van der Waals surface area (Å²) in [5.41, 5.74) is 6.73. The van der Waals surface area contributed by atoms with Crippen molar-refractivity contribution in [2.75, 3.05) is 12.8 Å². The molecule has 0 amide bonds. The van der Waals surface area contributed by atoms with Crippen molar-refractivity contribution >= 4 is 5.82 Å².